The molecule has 1 heterocycles. The van der Waals surface area contributed by atoms with Gasteiger partial charge < -0.3 is 0 Å². The number of hydrogen-bond acceptors (Lipinski definition) is 2. The maximum absolute atomic E-state index is 11.7. The normalized spacial score (nSPS) is 31.0. The molecular weight excluding hydrogens is 210 g/mol. The van der Waals surface area contributed by atoms with Crippen LogP contribution in [0.4, 0.5) is 0 Å². The third-order valence-corrected chi connectivity index (χ3v) is 5.57. The van der Waals surface area contributed by atoms with Crippen LogP contribution in [0.3, 0.4) is 0 Å². The maximum atomic E-state index is 11.7. The summed E-state index contributed by atoms with van der Waals surface area (Å²) in [5, 5.41) is -0.0680. The van der Waals surface area contributed by atoms with Crippen molar-refractivity contribution < 1.29 is 8.42 Å². The monoisotopic (exact) mass is 223 g/mol. The first-order valence-electron chi connectivity index (χ1n) is 4.69. The largest absolute Gasteiger partial charge is 0.216 e. The van der Waals surface area contributed by atoms with E-state index in [4.69, 9.17) is 11.6 Å². The quantitative estimate of drug-likeness (QED) is 0.671. The highest BCUT2D eigenvalue weighted by Gasteiger charge is 2.42. The summed E-state index contributed by atoms with van der Waals surface area (Å²) in [6, 6.07) is 0. The fraction of sp³-hybridized carbons (Fsp3) is 1.00. The highest BCUT2D eigenvalue weighted by Crippen LogP contribution is 2.33. The molecule has 0 aromatic rings. The predicted octanol–water partition coefficient (Wildman–Crippen LogP) is 1.04. The minimum absolute atomic E-state index is 0.0680. The van der Waals surface area contributed by atoms with Gasteiger partial charge in [-0.1, -0.05) is 0 Å². The van der Waals surface area contributed by atoms with Crippen molar-refractivity contribution in [2.45, 2.75) is 24.5 Å². The van der Waals surface area contributed by atoms with Crippen molar-refractivity contribution in [3.63, 3.8) is 0 Å². The first-order valence-corrected chi connectivity index (χ1v) is 6.73. The van der Waals surface area contributed by atoms with Crippen molar-refractivity contribution in [2.24, 2.45) is 5.92 Å². The molecule has 1 aliphatic carbocycles. The Labute approximate surface area is 84.1 Å². The van der Waals surface area contributed by atoms with Crippen LogP contribution in [0.1, 0.15) is 19.3 Å². The van der Waals surface area contributed by atoms with Crippen LogP contribution in [0.25, 0.3) is 0 Å². The Hall–Kier alpha value is 0.200. The molecule has 1 saturated carbocycles. The highest BCUT2D eigenvalue weighted by atomic mass is 35.5. The first-order chi connectivity index (χ1) is 6.14. The minimum Gasteiger partial charge on any atom is -0.212 e. The van der Waals surface area contributed by atoms with Gasteiger partial charge in [0.05, 0.1) is 5.25 Å². The average molecular weight is 224 g/mol. The third kappa shape index (κ3) is 1.85. The Bertz CT molecular complexity index is 287. The second-order valence-electron chi connectivity index (χ2n) is 3.91. The smallest absolute Gasteiger partial charge is 0.212 e. The lowest BCUT2D eigenvalue weighted by Crippen LogP contribution is -2.31. The van der Waals surface area contributed by atoms with E-state index in [1.54, 1.807) is 4.31 Å². The average Bonchev–Trinajstić information content (AvgIpc) is 2.84. The Morgan fingerprint density at radius 2 is 2.00 bits per heavy atom. The number of rotatable bonds is 3. The number of sulfonamides is 1. The van der Waals surface area contributed by atoms with Gasteiger partial charge in [-0.25, -0.2) is 12.7 Å². The van der Waals surface area contributed by atoms with E-state index in [1.807, 2.05) is 0 Å². The predicted molar refractivity (Wildman–Crippen MR) is 52.3 cm³/mol. The highest BCUT2D eigenvalue weighted by molar-refractivity contribution is 7.90. The molecule has 3 nitrogen and oxygen atoms in total. The molecule has 2 rings (SSSR count). The van der Waals surface area contributed by atoms with E-state index in [0.29, 0.717) is 24.9 Å². The molecule has 0 bridgehead atoms. The van der Waals surface area contributed by atoms with Gasteiger partial charge in [0.25, 0.3) is 0 Å². The molecule has 76 valence electrons. The molecule has 1 saturated heterocycles. The lowest BCUT2D eigenvalue weighted by atomic mass is 10.2. The maximum Gasteiger partial charge on any atom is 0.216 e. The van der Waals surface area contributed by atoms with Gasteiger partial charge in [-0.05, 0) is 25.2 Å². The molecule has 0 N–H and O–H groups in total. The standard InChI is InChI=1S/C8H14ClNO2S/c9-5-7-3-4-10(6-7)13(11,12)8-1-2-8/h7-8H,1-6H2. The fourth-order valence-corrected chi connectivity index (χ4v) is 3.91. The summed E-state index contributed by atoms with van der Waals surface area (Å²) in [6.45, 7) is 1.32. The van der Waals surface area contributed by atoms with E-state index in [-0.39, 0.29) is 5.25 Å². The Kier molecular flexibility index (Phi) is 2.55. The van der Waals surface area contributed by atoms with Crippen molar-refractivity contribution in [1.82, 2.24) is 4.31 Å². The Balaban J connectivity index is 2.02. The molecule has 13 heavy (non-hydrogen) atoms. The van der Waals surface area contributed by atoms with Crippen molar-refractivity contribution in [1.29, 1.82) is 0 Å². The molecule has 2 fully saturated rings. The second kappa shape index (κ2) is 3.41. The zero-order valence-corrected chi connectivity index (χ0v) is 9.02. The van der Waals surface area contributed by atoms with E-state index in [9.17, 15) is 8.42 Å². The van der Waals surface area contributed by atoms with Crippen LogP contribution in [-0.4, -0.2) is 36.9 Å². The van der Waals surface area contributed by atoms with Gasteiger partial charge in [0.1, 0.15) is 0 Å². The summed E-state index contributed by atoms with van der Waals surface area (Å²) in [4.78, 5) is 0. The number of hydrogen-bond donors (Lipinski definition) is 0. The van der Waals surface area contributed by atoms with Crippen LogP contribution in [0.5, 0.6) is 0 Å². The molecule has 0 amide bonds. The molecular formula is C8H14ClNO2S. The number of nitrogens with zero attached hydrogens (tertiary/aromatic N) is 1. The molecule has 1 aliphatic heterocycles. The number of alkyl halides is 1. The summed E-state index contributed by atoms with van der Waals surface area (Å²) < 4.78 is 25.1. The van der Waals surface area contributed by atoms with Crippen molar-refractivity contribution in [2.75, 3.05) is 19.0 Å². The molecule has 0 radical (unpaired) electrons. The molecule has 0 aromatic carbocycles. The topological polar surface area (TPSA) is 37.4 Å². The zero-order chi connectivity index (χ0) is 9.47. The van der Waals surface area contributed by atoms with Gasteiger partial charge in [0, 0.05) is 19.0 Å². The Morgan fingerprint density at radius 1 is 1.31 bits per heavy atom. The van der Waals surface area contributed by atoms with Crippen molar-refractivity contribution >= 4 is 21.6 Å². The summed E-state index contributed by atoms with van der Waals surface area (Å²) in [7, 11) is -2.93. The van der Waals surface area contributed by atoms with Crippen molar-refractivity contribution in [3.8, 4) is 0 Å². The molecule has 1 atom stereocenters. The van der Waals surface area contributed by atoms with Gasteiger partial charge in [0.2, 0.25) is 10.0 Å². The van der Waals surface area contributed by atoms with E-state index in [2.05, 4.69) is 0 Å². The van der Waals surface area contributed by atoms with Crippen LogP contribution in [0, 0.1) is 5.92 Å². The van der Waals surface area contributed by atoms with E-state index >= 15 is 0 Å². The van der Waals surface area contributed by atoms with Gasteiger partial charge in [-0.2, -0.15) is 0 Å². The van der Waals surface area contributed by atoms with Crippen LogP contribution < -0.4 is 0 Å². The molecule has 1 unspecified atom stereocenters. The van der Waals surface area contributed by atoms with Gasteiger partial charge in [0.15, 0.2) is 0 Å². The third-order valence-electron chi connectivity index (χ3n) is 2.77. The minimum atomic E-state index is -2.93. The van der Waals surface area contributed by atoms with Crippen LogP contribution in [0.15, 0.2) is 0 Å². The first kappa shape index (κ1) is 9.74. The van der Waals surface area contributed by atoms with Crippen LogP contribution in [-0.2, 0) is 10.0 Å². The summed E-state index contributed by atoms with van der Waals surface area (Å²) >= 11 is 5.70. The van der Waals surface area contributed by atoms with E-state index in [1.165, 1.54) is 0 Å². The molecule has 5 heteroatoms. The zero-order valence-electron chi connectivity index (χ0n) is 7.45. The lowest BCUT2D eigenvalue weighted by molar-refractivity contribution is 0.464. The molecule has 0 aromatic heterocycles. The fourth-order valence-electron chi connectivity index (χ4n) is 1.73. The summed E-state index contributed by atoms with van der Waals surface area (Å²) in [5.41, 5.74) is 0. The Morgan fingerprint density at radius 3 is 2.46 bits per heavy atom. The van der Waals surface area contributed by atoms with Crippen molar-refractivity contribution in [3.05, 3.63) is 0 Å². The van der Waals surface area contributed by atoms with Crippen LogP contribution >= 0.6 is 11.6 Å². The van der Waals surface area contributed by atoms with Gasteiger partial charge in [-0.3, -0.25) is 0 Å². The van der Waals surface area contributed by atoms with Gasteiger partial charge >= 0.3 is 0 Å². The van der Waals surface area contributed by atoms with E-state index < -0.39 is 10.0 Å². The number of halogens is 1. The molecule has 0 spiro atoms. The second-order valence-corrected chi connectivity index (χ2v) is 6.43. The van der Waals surface area contributed by atoms with Crippen LogP contribution in [0.2, 0.25) is 0 Å². The van der Waals surface area contributed by atoms with Gasteiger partial charge in [-0.15, -0.1) is 11.6 Å². The van der Waals surface area contributed by atoms with E-state index in [0.717, 1.165) is 19.3 Å². The SMILES string of the molecule is O=S(=O)(C1CC1)N1CCC(CCl)C1. The lowest BCUT2D eigenvalue weighted by Gasteiger charge is -2.15. The molecule has 2 aliphatic rings. The summed E-state index contributed by atoms with van der Waals surface area (Å²) in [6.07, 6.45) is 2.63. The summed E-state index contributed by atoms with van der Waals surface area (Å²) in [5.74, 6) is 0.951.